The average Bonchev–Trinajstić information content (AvgIpc) is 2.87. The maximum Gasteiger partial charge on any atom is 0.255 e. The molecule has 1 amide bonds. The van der Waals surface area contributed by atoms with Crippen LogP contribution in [-0.4, -0.2) is 33.0 Å². The lowest BCUT2D eigenvalue weighted by Gasteiger charge is -2.28. The Balaban J connectivity index is 1.60. The quantitative estimate of drug-likeness (QED) is 0.578. The maximum absolute atomic E-state index is 13.1. The van der Waals surface area contributed by atoms with Gasteiger partial charge in [0.05, 0.1) is 39.4 Å². The van der Waals surface area contributed by atoms with Gasteiger partial charge in [-0.25, -0.2) is 0 Å². The van der Waals surface area contributed by atoms with Gasteiger partial charge in [-0.05, 0) is 42.0 Å². The summed E-state index contributed by atoms with van der Waals surface area (Å²) in [5, 5.41) is 11.8. The van der Waals surface area contributed by atoms with Crippen LogP contribution in [0.25, 0.3) is 0 Å². The molecule has 0 fully saturated rings. The standard InChI is InChI=1S/C26H22N2O6/c1-31-22-13-21-23(25(33-3)24(22)32-2)19(29)12-20(34-21)17-5-4-6-18(11-17)28-26(30)16-9-7-15(14-27)8-10-16/h4-11,13,20H,12H2,1-3H3,(H,28,30). The number of rotatable bonds is 6. The largest absolute Gasteiger partial charge is 0.493 e. The summed E-state index contributed by atoms with van der Waals surface area (Å²) in [5.41, 5.74) is 2.49. The number of fused-ring (bicyclic) bond motifs is 1. The summed E-state index contributed by atoms with van der Waals surface area (Å²) in [6.07, 6.45) is -0.471. The first kappa shape index (κ1) is 22.7. The van der Waals surface area contributed by atoms with Crippen molar-refractivity contribution in [3.63, 3.8) is 0 Å². The summed E-state index contributed by atoms with van der Waals surface area (Å²) < 4.78 is 22.4. The molecule has 4 rings (SSSR count). The molecule has 0 saturated carbocycles. The predicted octanol–water partition coefficient (Wildman–Crippen LogP) is 4.54. The molecule has 1 unspecified atom stereocenters. The fraction of sp³-hybridized carbons (Fsp3) is 0.192. The molecule has 0 bridgehead atoms. The van der Waals surface area contributed by atoms with E-state index in [9.17, 15) is 9.59 Å². The van der Waals surface area contributed by atoms with Crippen molar-refractivity contribution in [3.05, 3.63) is 76.9 Å². The number of nitriles is 1. The lowest BCUT2D eigenvalue weighted by atomic mass is 9.94. The van der Waals surface area contributed by atoms with Gasteiger partial charge in [0.25, 0.3) is 5.91 Å². The van der Waals surface area contributed by atoms with Crippen molar-refractivity contribution in [1.29, 1.82) is 5.26 Å². The van der Waals surface area contributed by atoms with Crippen LogP contribution in [0.15, 0.2) is 54.6 Å². The molecule has 1 atom stereocenters. The zero-order valence-corrected chi connectivity index (χ0v) is 18.9. The van der Waals surface area contributed by atoms with Crippen LogP contribution in [-0.2, 0) is 0 Å². The van der Waals surface area contributed by atoms with Crippen LogP contribution >= 0.6 is 0 Å². The highest BCUT2D eigenvalue weighted by Gasteiger charge is 2.34. The molecule has 8 nitrogen and oxygen atoms in total. The average molecular weight is 458 g/mol. The molecule has 0 aliphatic carbocycles. The van der Waals surface area contributed by atoms with Crippen LogP contribution in [0.4, 0.5) is 5.69 Å². The van der Waals surface area contributed by atoms with Gasteiger partial charge < -0.3 is 24.3 Å². The number of ketones is 1. The predicted molar refractivity (Wildman–Crippen MR) is 124 cm³/mol. The van der Waals surface area contributed by atoms with Gasteiger partial charge in [-0.2, -0.15) is 5.26 Å². The van der Waals surface area contributed by atoms with Gasteiger partial charge in [0.2, 0.25) is 5.75 Å². The Labute approximate surface area is 196 Å². The number of amides is 1. The number of methoxy groups -OCH3 is 3. The third-order valence-electron chi connectivity index (χ3n) is 5.51. The number of nitrogens with zero attached hydrogens (tertiary/aromatic N) is 1. The Hall–Kier alpha value is -4.51. The zero-order chi connectivity index (χ0) is 24.2. The topological polar surface area (TPSA) is 107 Å². The first-order valence-corrected chi connectivity index (χ1v) is 10.4. The molecule has 0 aromatic heterocycles. The Bertz CT molecular complexity index is 1290. The van der Waals surface area contributed by atoms with E-state index in [1.54, 1.807) is 48.5 Å². The van der Waals surface area contributed by atoms with E-state index in [0.29, 0.717) is 39.6 Å². The van der Waals surface area contributed by atoms with E-state index in [2.05, 4.69) is 5.32 Å². The van der Waals surface area contributed by atoms with Crippen LogP contribution < -0.4 is 24.3 Å². The Morgan fingerprint density at radius 2 is 1.76 bits per heavy atom. The lowest BCUT2D eigenvalue weighted by Crippen LogP contribution is -2.22. The third kappa shape index (κ3) is 4.24. The molecule has 1 aliphatic rings. The molecule has 0 spiro atoms. The number of ether oxygens (including phenoxy) is 4. The van der Waals surface area contributed by atoms with E-state index in [4.69, 9.17) is 24.2 Å². The minimum absolute atomic E-state index is 0.0892. The normalized spacial score (nSPS) is 14.3. The molecule has 172 valence electrons. The molecule has 8 heteroatoms. The van der Waals surface area contributed by atoms with Crippen LogP contribution in [0.1, 0.15) is 44.4 Å². The lowest BCUT2D eigenvalue weighted by molar-refractivity contribution is 0.0842. The van der Waals surface area contributed by atoms with Crippen LogP contribution in [0.5, 0.6) is 23.0 Å². The van der Waals surface area contributed by atoms with E-state index in [1.807, 2.05) is 12.1 Å². The highest BCUT2D eigenvalue weighted by Crippen LogP contribution is 2.49. The van der Waals surface area contributed by atoms with E-state index < -0.39 is 6.10 Å². The van der Waals surface area contributed by atoms with Crippen LogP contribution in [0.3, 0.4) is 0 Å². The van der Waals surface area contributed by atoms with Gasteiger partial charge in [0.1, 0.15) is 17.4 Å². The summed E-state index contributed by atoms with van der Waals surface area (Å²) in [7, 11) is 4.42. The second-order valence-electron chi connectivity index (χ2n) is 7.52. The second-order valence-corrected chi connectivity index (χ2v) is 7.52. The first-order valence-electron chi connectivity index (χ1n) is 10.4. The van der Waals surface area contributed by atoms with E-state index >= 15 is 0 Å². The minimum Gasteiger partial charge on any atom is -0.493 e. The van der Waals surface area contributed by atoms with E-state index in [1.165, 1.54) is 21.3 Å². The highest BCUT2D eigenvalue weighted by molar-refractivity contribution is 6.05. The van der Waals surface area contributed by atoms with Gasteiger partial charge >= 0.3 is 0 Å². The number of carbonyl (C=O) groups excluding carboxylic acids is 2. The van der Waals surface area contributed by atoms with Crippen molar-refractivity contribution < 1.29 is 28.5 Å². The van der Waals surface area contributed by atoms with Crippen molar-refractivity contribution in [3.8, 4) is 29.1 Å². The molecule has 34 heavy (non-hydrogen) atoms. The Morgan fingerprint density at radius 1 is 1.03 bits per heavy atom. The van der Waals surface area contributed by atoms with Crippen LogP contribution in [0, 0.1) is 11.3 Å². The molecule has 0 radical (unpaired) electrons. The van der Waals surface area contributed by atoms with Gasteiger partial charge in [-0.1, -0.05) is 12.1 Å². The molecular weight excluding hydrogens is 436 g/mol. The first-order chi connectivity index (χ1) is 16.5. The zero-order valence-electron chi connectivity index (χ0n) is 18.9. The van der Waals surface area contributed by atoms with Crippen molar-refractivity contribution in [1.82, 2.24) is 0 Å². The molecule has 1 aliphatic heterocycles. The van der Waals surface area contributed by atoms with Gasteiger partial charge in [-0.15, -0.1) is 0 Å². The maximum atomic E-state index is 13.1. The van der Waals surface area contributed by atoms with Crippen molar-refractivity contribution >= 4 is 17.4 Å². The van der Waals surface area contributed by atoms with Crippen molar-refractivity contribution in [2.75, 3.05) is 26.6 Å². The molecule has 3 aromatic carbocycles. The Kier molecular flexibility index (Phi) is 6.37. The number of Topliss-reactive ketones (excluding diaryl/α,β-unsaturated/α-hetero) is 1. The van der Waals surface area contributed by atoms with Crippen molar-refractivity contribution in [2.24, 2.45) is 0 Å². The fourth-order valence-electron chi connectivity index (χ4n) is 3.86. The number of benzene rings is 3. The fourth-order valence-corrected chi connectivity index (χ4v) is 3.86. The summed E-state index contributed by atoms with van der Waals surface area (Å²) in [5.74, 6) is 0.846. The van der Waals surface area contributed by atoms with E-state index in [0.717, 1.165) is 5.56 Å². The summed E-state index contributed by atoms with van der Waals surface area (Å²) in [6, 6.07) is 17.1. The number of hydrogen-bond acceptors (Lipinski definition) is 7. The summed E-state index contributed by atoms with van der Waals surface area (Å²) >= 11 is 0. The molecule has 0 saturated heterocycles. The number of hydrogen-bond donors (Lipinski definition) is 1. The summed E-state index contributed by atoms with van der Waals surface area (Å²) in [4.78, 5) is 25.7. The highest BCUT2D eigenvalue weighted by atomic mass is 16.5. The third-order valence-corrected chi connectivity index (χ3v) is 5.51. The Morgan fingerprint density at radius 3 is 2.41 bits per heavy atom. The number of nitrogens with one attached hydrogen (secondary N) is 1. The summed E-state index contributed by atoms with van der Waals surface area (Å²) in [6.45, 7) is 0. The van der Waals surface area contributed by atoms with E-state index in [-0.39, 0.29) is 23.9 Å². The molecule has 1 heterocycles. The number of carbonyl (C=O) groups is 2. The monoisotopic (exact) mass is 458 g/mol. The van der Waals surface area contributed by atoms with Gasteiger partial charge in [0, 0.05) is 17.3 Å². The minimum atomic E-state index is -0.561. The number of anilines is 1. The molecule has 1 N–H and O–H groups in total. The smallest absolute Gasteiger partial charge is 0.255 e. The van der Waals surface area contributed by atoms with Crippen molar-refractivity contribution in [2.45, 2.75) is 12.5 Å². The molecule has 3 aromatic rings. The van der Waals surface area contributed by atoms with Gasteiger partial charge in [0.15, 0.2) is 17.3 Å². The van der Waals surface area contributed by atoms with Gasteiger partial charge in [-0.3, -0.25) is 9.59 Å². The second kappa shape index (κ2) is 9.55. The SMILES string of the molecule is COc1cc2c(c(OC)c1OC)C(=O)CC(c1cccc(NC(=O)c3ccc(C#N)cc3)c1)O2. The molecular formula is C26H22N2O6. The van der Waals surface area contributed by atoms with Crippen LogP contribution in [0.2, 0.25) is 0 Å².